The molecule has 0 spiro atoms. The summed E-state index contributed by atoms with van der Waals surface area (Å²) in [6.07, 6.45) is 1.47. The van der Waals surface area contributed by atoms with Crippen LogP contribution in [0.15, 0.2) is 11.6 Å². The Hall–Kier alpha value is -0.490. The van der Waals surface area contributed by atoms with Crippen molar-refractivity contribution in [3.63, 3.8) is 0 Å². The molecule has 0 saturated carbocycles. The monoisotopic (exact) mass is 229 g/mol. The van der Waals surface area contributed by atoms with E-state index in [9.17, 15) is 5.11 Å². The molecule has 1 heterocycles. The highest BCUT2D eigenvalue weighted by Crippen LogP contribution is 2.14. The number of hydrogen-bond donors (Lipinski definition) is 2. The summed E-state index contributed by atoms with van der Waals surface area (Å²) in [5.41, 5.74) is 0. The first-order chi connectivity index (χ1) is 7.09. The summed E-state index contributed by atoms with van der Waals surface area (Å²) < 4.78 is 0. The molecule has 2 atom stereocenters. The topological polar surface area (TPSA) is 48.4 Å². The van der Waals surface area contributed by atoms with Gasteiger partial charge in [-0.15, -0.1) is 11.3 Å². The first-order valence-electron chi connectivity index (χ1n) is 5.05. The Balaban J connectivity index is 2.25. The quantitative estimate of drug-likeness (QED) is 0.754. The molecule has 1 aromatic rings. The minimum Gasteiger partial charge on any atom is -0.390 e. The van der Waals surface area contributed by atoms with Gasteiger partial charge >= 0.3 is 0 Å². The van der Waals surface area contributed by atoms with Crippen molar-refractivity contribution in [1.29, 1.82) is 0 Å². The van der Waals surface area contributed by atoms with E-state index in [1.54, 1.807) is 17.5 Å². The molecule has 1 aromatic heterocycles. The van der Waals surface area contributed by atoms with Crippen LogP contribution in [-0.4, -0.2) is 48.3 Å². The van der Waals surface area contributed by atoms with Crippen molar-refractivity contribution in [1.82, 2.24) is 15.2 Å². The van der Waals surface area contributed by atoms with Gasteiger partial charge in [-0.3, -0.25) is 0 Å². The van der Waals surface area contributed by atoms with Crippen LogP contribution >= 0.6 is 11.3 Å². The third kappa shape index (κ3) is 4.70. The summed E-state index contributed by atoms with van der Waals surface area (Å²) in [7, 11) is 3.90. The summed E-state index contributed by atoms with van der Waals surface area (Å²) in [6, 6.07) is 0.210. The van der Waals surface area contributed by atoms with Crippen molar-refractivity contribution in [2.24, 2.45) is 0 Å². The molecule has 0 aliphatic carbocycles. The Morgan fingerprint density at radius 1 is 1.60 bits per heavy atom. The standard InChI is InChI=1S/C10H19N3OS/c1-8(10-11-4-5-15-10)12-6-9(14)7-13(2)3/h4-5,8-9,12,14H,6-7H2,1-3H3. The zero-order chi connectivity index (χ0) is 11.3. The molecule has 5 heteroatoms. The second kappa shape index (κ2) is 6.17. The van der Waals surface area contributed by atoms with Crippen LogP contribution in [0.3, 0.4) is 0 Å². The lowest BCUT2D eigenvalue weighted by Gasteiger charge is -2.18. The molecule has 0 aliphatic heterocycles. The van der Waals surface area contributed by atoms with E-state index in [-0.39, 0.29) is 12.1 Å². The maximum Gasteiger partial charge on any atom is 0.109 e. The second-order valence-corrected chi connectivity index (χ2v) is 4.84. The first-order valence-corrected chi connectivity index (χ1v) is 5.93. The van der Waals surface area contributed by atoms with Crippen molar-refractivity contribution >= 4 is 11.3 Å². The maximum atomic E-state index is 9.64. The Kier molecular flexibility index (Phi) is 5.17. The minimum atomic E-state index is -0.331. The van der Waals surface area contributed by atoms with E-state index in [0.29, 0.717) is 13.1 Å². The van der Waals surface area contributed by atoms with E-state index in [4.69, 9.17) is 0 Å². The molecular weight excluding hydrogens is 210 g/mol. The molecule has 15 heavy (non-hydrogen) atoms. The zero-order valence-electron chi connectivity index (χ0n) is 9.47. The number of likely N-dealkylation sites (N-methyl/N-ethyl adjacent to an activating group) is 1. The van der Waals surface area contributed by atoms with E-state index in [0.717, 1.165) is 5.01 Å². The lowest BCUT2D eigenvalue weighted by atomic mass is 10.3. The smallest absolute Gasteiger partial charge is 0.109 e. The Labute approximate surface area is 94.9 Å². The van der Waals surface area contributed by atoms with Crippen molar-refractivity contribution in [2.45, 2.75) is 19.1 Å². The van der Waals surface area contributed by atoms with Gasteiger partial charge < -0.3 is 15.3 Å². The van der Waals surface area contributed by atoms with Crippen LogP contribution in [0.25, 0.3) is 0 Å². The SMILES string of the molecule is CC(NCC(O)CN(C)C)c1nccs1. The maximum absolute atomic E-state index is 9.64. The molecule has 0 saturated heterocycles. The molecule has 2 N–H and O–H groups in total. The van der Waals surface area contributed by atoms with Crippen LogP contribution < -0.4 is 5.32 Å². The fourth-order valence-corrected chi connectivity index (χ4v) is 2.00. The molecule has 4 nitrogen and oxygen atoms in total. The molecule has 86 valence electrons. The summed E-state index contributed by atoms with van der Waals surface area (Å²) in [5.74, 6) is 0. The summed E-state index contributed by atoms with van der Waals surface area (Å²) >= 11 is 1.63. The third-order valence-corrected chi connectivity index (χ3v) is 3.02. The van der Waals surface area contributed by atoms with Gasteiger partial charge in [0.05, 0.1) is 12.1 Å². The van der Waals surface area contributed by atoms with Gasteiger partial charge in [0.25, 0.3) is 0 Å². The molecule has 0 aliphatic rings. The highest BCUT2D eigenvalue weighted by Gasteiger charge is 2.10. The Morgan fingerprint density at radius 3 is 2.87 bits per heavy atom. The van der Waals surface area contributed by atoms with E-state index in [1.165, 1.54) is 0 Å². The number of rotatable bonds is 6. The number of nitrogens with one attached hydrogen (secondary N) is 1. The highest BCUT2D eigenvalue weighted by atomic mass is 32.1. The highest BCUT2D eigenvalue weighted by molar-refractivity contribution is 7.09. The van der Waals surface area contributed by atoms with Crippen LogP contribution in [0.1, 0.15) is 18.0 Å². The number of nitrogens with zero attached hydrogens (tertiary/aromatic N) is 2. The van der Waals surface area contributed by atoms with E-state index in [1.807, 2.05) is 24.4 Å². The van der Waals surface area contributed by atoms with Gasteiger partial charge in [0.15, 0.2) is 0 Å². The van der Waals surface area contributed by atoms with Crippen molar-refractivity contribution in [3.8, 4) is 0 Å². The van der Waals surface area contributed by atoms with Crippen molar-refractivity contribution in [2.75, 3.05) is 27.2 Å². The average Bonchev–Trinajstić information content (AvgIpc) is 2.65. The molecule has 0 aromatic carbocycles. The third-order valence-electron chi connectivity index (χ3n) is 2.06. The number of aliphatic hydroxyl groups excluding tert-OH is 1. The lowest BCUT2D eigenvalue weighted by molar-refractivity contribution is 0.132. The van der Waals surface area contributed by atoms with E-state index in [2.05, 4.69) is 17.2 Å². The molecule has 0 amide bonds. The summed E-state index contributed by atoms with van der Waals surface area (Å²) in [6.45, 7) is 3.33. The first kappa shape index (κ1) is 12.6. The number of thiazole rings is 1. The summed E-state index contributed by atoms with van der Waals surface area (Å²) in [5, 5.41) is 15.9. The minimum absolute atomic E-state index is 0.210. The van der Waals surface area contributed by atoms with Crippen molar-refractivity contribution in [3.05, 3.63) is 16.6 Å². The van der Waals surface area contributed by atoms with Gasteiger partial charge in [-0.2, -0.15) is 0 Å². The fraction of sp³-hybridized carbons (Fsp3) is 0.700. The second-order valence-electron chi connectivity index (χ2n) is 3.92. The lowest BCUT2D eigenvalue weighted by Crippen LogP contribution is -2.36. The largest absolute Gasteiger partial charge is 0.390 e. The normalized spacial score (nSPS) is 15.5. The van der Waals surface area contributed by atoms with Crippen LogP contribution in [0.2, 0.25) is 0 Å². The molecular formula is C10H19N3OS. The van der Waals surface area contributed by atoms with E-state index < -0.39 is 0 Å². The number of aromatic nitrogens is 1. The van der Waals surface area contributed by atoms with Gasteiger partial charge in [-0.25, -0.2) is 4.98 Å². The van der Waals surface area contributed by atoms with Crippen LogP contribution in [-0.2, 0) is 0 Å². The van der Waals surface area contributed by atoms with E-state index >= 15 is 0 Å². The molecule has 0 bridgehead atoms. The number of hydrogen-bond acceptors (Lipinski definition) is 5. The van der Waals surface area contributed by atoms with Crippen LogP contribution in [0, 0.1) is 0 Å². The summed E-state index contributed by atoms with van der Waals surface area (Å²) in [4.78, 5) is 6.19. The number of aliphatic hydroxyl groups is 1. The Morgan fingerprint density at radius 2 is 2.33 bits per heavy atom. The van der Waals surface area contributed by atoms with Crippen LogP contribution in [0.5, 0.6) is 0 Å². The molecule has 0 radical (unpaired) electrons. The van der Waals surface area contributed by atoms with Crippen LogP contribution in [0.4, 0.5) is 0 Å². The van der Waals surface area contributed by atoms with Gasteiger partial charge in [-0.1, -0.05) is 0 Å². The van der Waals surface area contributed by atoms with Gasteiger partial charge in [-0.05, 0) is 21.0 Å². The zero-order valence-corrected chi connectivity index (χ0v) is 10.3. The molecule has 0 fully saturated rings. The van der Waals surface area contributed by atoms with Crippen molar-refractivity contribution < 1.29 is 5.11 Å². The molecule has 1 rings (SSSR count). The van der Waals surface area contributed by atoms with Gasteiger partial charge in [0, 0.05) is 24.7 Å². The predicted molar refractivity (Wildman–Crippen MR) is 63.1 cm³/mol. The fourth-order valence-electron chi connectivity index (χ4n) is 1.33. The predicted octanol–water partition coefficient (Wildman–Crippen LogP) is 0.716. The Bertz CT molecular complexity index is 264. The van der Waals surface area contributed by atoms with Gasteiger partial charge in [0.1, 0.15) is 5.01 Å². The average molecular weight is 229 g/mol. The molecule has 2 unspecified atom stereocenters. The van der Waals surface area contributed by atoms with Gasteiger partial charge in [0.2, 0.25) is 0 Å².